The number of hydrogen-bond donors (Lipinski definition) is 1. The molecule has 0 spiro atoms. The number of methoxy groups -OCH3 is 1. The van der Waals surface area contributed by atoms with E-state index in [0.717, 1.165) is 0 Å². The first-order valence-electron chi connectivity index (χ1n) is 5.34. The van der Waals surface area contributed by atoms with Crippen molar-refractivity contribution < 1.29 is 9.53 Å². The van der Waals surface area contributed by atoms with Crippen molar-refractivity contribution in [3.05, 3.63) is 43.6 Å². The van der Waals surface area contributed by atoms with Crippen LogP contribution in [0, 0.1) is 0 Å². The molecule has 0 fully saturated rings. The number of aromatic nitrogens is 2. The maximum absolute atomic E-state index is 12.1. The third-order valence-corrected chi connectivity index (χ3v) is 3.90. The molecule has 0 atom stereocenters. The Kier molecular flexibility index (Phi) is 5.11. The third kappa shape index (κ3) is 3.56. The van der Waals surface area contributed by atoms with Crippen LogP contribution in [-0.4, -0.2) is 23.0 Å². The number of nitrogens with zero attached hydrogens (tertiary/aromatic N) is 2. The standard InChI is InChI=1S/C12H8Br3N3O2/c1-20-8-3-2-6(4-7(8)13)12(19)18-11-10(15)17-9(14)5-16-11/h2-5H,1H3,(H,16,18,19). The third-order valence-electron chi connectivity index (χ3n) is 2.35. The van der Waals surface area contributed by atoms with E-state index in [-0.39, 0.29) is 5.91 Å². The first kappa shape index (κ1) is 15.4. The molecule has 0 saturated carbocycles. The second kappa shape index (κ2) is 6.64. The largest absolute Gasteiger partial charge is 0.496 e. The van der Waals surface area contributed by atoms with Crippen molar-refractivity contribution in [1.82, 2.24) is 9.97 Å². The van der Waals surface area contributed by atoms with Gasteiger partial charge in [0.05, 0.1) is 17.8 Å². The molecule has 0 radical (unpaired) electrons. The van der Waals surface area contributed by atoms with Crippen molar-refractivity contribution >= 4 is 59.5 Å². The first-order valence-corrected chi connectivity index (χ1v) is 7.72. The smallest absolute Gasteiger partial charge is 0.256 e. The fraction of sp³-hybridized carbons (Fsp3) is 0.0833. The molecule has 2 aromatic rings. The van der Waals surface area contributed by atoms with E-state index < -0.39 is 0 Å². The van der Waals surface area contributed by atoms with Crippen molar-refractivity contribution in [2.45, 2.75) is 0 Å². The van der Waals surface area contributed by atoms with E-state index in [1.807, 2.05) is 0 Å². The van der Waals surface area contributed by atoms with E-state index in [4.69, 9.17) is 4.74 Å². The minimum Gasteiger partial charge on any atom is -0.496 e. The molecular formula is C12H8Br3N3O2. The number of carbonyl (C=O) groups excluding carboxylic acids is 1. The quantitative estimate of drug-likeness (QED) is 0.743. The van der Waals surface area contributed by atoms with Gasteiger partial charge in [-0.2, -0.15) is 0 Å². The molecule has 8 heteroatoms. The Morgan fingerprint density at radius 1 is 1.30 bits per heavy atom. The van der Waals surface area contributed by atoms with Gasteiger partial charge < -0.3 is 10.1 Å². The summed E-state index contributed by atoms with van der Waals surface area (Å²) in [6.07, 6.45) is 1.50. The summed E-state index contributed by atoms with van der Waals surface area (Å²) in [4.78, 5) is 20.3. The second-order valence-corrected chi connectivity index (χ2v) is 6.05. The Morgan fingerprint density at radius 2 is 2.05 bits per heavy atom. The summed E-state index contributed by atoms with van der Waals surface area (Å²) in [5, 5.41) is 2.68. The summed E-state index contributed by atoms with van der Waals surface area (Å²) in [7, 11) is 1.56. The number of ether oxygens (including phenoxy) is 1. The maximum atomic E-state index is 12.1. The molecule has 0 aliphatic carbocycles. The van der Waals surface area contributed by atoms with E-state index in [2.05, 4.69) is 63.1 Å². The number of rotatable bonds is 3. The Labute approximate surface area is 140 Å². The summed E-state index contributed by atoms with van der Waals surface area (Å²) in [6, 6.07) is 5.05. The van der Waals surface area contributed by atoms with Crippen molar-refractivity contribution in [2.75, 3.05) is 12.4 Å². The highest BCUT2D eigenvalue weighted by molar-refractivity contribution is 9.11. The molecule has 0 bridgehead atoms. The molecule has 2 rings (SSSR count). The average Bonchev–Trinajstić information content (AvgIpc) is 2.41. The fourth-order valence-electron chi connectivity index (χ4n) is 1.42. The molecule has 1 heterocycles. The van der Waals surface area contributed by atoms with Gasteiger partial charge in [0.2, 0.25) is 0 Å². The highest BCUT2D eigenvalue weighted by Crippen LogP contribution is 2.26. The van der Waals surface area contributed by atoms with Gasteiger partial charge >= 0.3 is 0 Å². The second-order valence-electron chi connectivity index (χ2n) is 3.64. The molecule has 104 valence electrons. The summed E-state index contributed by atoms with van der Waals surface area (Å²) in [6.45, 7) is 0. The van der Waals surface area contributed by atoms with Crippen molar-refractivity contribution in [3.8, 4) is 5.75 Å². The number of carbonyl (C=O) groups is 1. The summed E-state index contributed by atoms with van der Waals surface area (Å²) in [5.74, 6) is 0.724. The lowest BCUT2D eigenvalue weighted by molar-refractivity contribution is 0.102. The average molecular weight is 466 g/mol. The molecule has 0 aliphatic heterocycles. The van der Waals surface area contributed by atoms with Crippen LogP contribution in [0.4, 0.5) is 5.82 Å². The van der Waals surface area contributed by atoms with Crippen LogP contribution in [0.15, 0.2) is 38.1 Å². The molecule has 0 unspecified atom stereocenters. The maximum Gasteiger partial charge on any atom is 0.256 e. The van der Waals surface area contributed by atoms with Crippen molar-refractivity contribution in [2.24, 2.45) is 0 Å². The van der Waals surface area contributed by atoms with Gasteiger partial charge in [0, 0.05) is 5.56 Å². The van der Waals surface area contributed by atoms with Crippen molar-refractivity contribution in [3.63, 3.8) is 0 Å². The van der Waals surface area contributed by atoms with Crippen molar-refractivity contribution in [1.29, 1.82) is 0 Å². The lowest BCUT2D eigenvalue weighted by Crippen LogP contribution is -2.14. The van der Waals surface area contributed by atoms with E-state index in [9.17, 15) is 4.79 Å². The molecule has 1 aromatic heterocycles. The van der Waals surface area contributed by atoms with Crippen LogP contribution in [0.1, 0.15) is 10.4 Å². The number of amides is 1. The van der Waals surface area contributed by atoms with Gasteiger partial charge in [-0.15, -0.1) is 0 Å². The van der Waals surface area contributed by atoms with Crippen LogP contribution in [0.3, 0.4) is 0 Å². The number of benzene rings is 1. The molecular weight excluding hydrogens is 458 g/mol. The molecule has 1 N–H and O–H groups in total. The zero-order chi connectivity index (χ0) is 14.7. The van der Waals surface area contributed by atoms with Crippen LogP contribution in [0.2, 0.25) is 0 Å². The van der Waals surface area contributed by atoms with E-state index in [1.54, 1.807) is 25.3 Å². The Hall–Kier alpha value is -0.990. The van der Waals surface area contributed by atoms with E-state index in [1.165, 1.54) is 6.20 Å². The first-order chi connectivity index (χ1) is 9.51. The highest BCUT2D eigenvalue weighted by atomic mass is 79.9. The minimum atomic E-state index is -0.286. The van der Waals surface area contributed by atoms with Crippen LogP contribution in [0.5, 0.6) is 5.75 Å². The van der Waals surface area contributed by atoms with E-state index in [0.29, 0.717) is 30.8 Å². The number of anilines is 1. The van der Waals surface area contributed by atoms with Gasteiger partial charge in [-0.05, 0) is 66.0 Å². The topological polar surface area (TPSA) is 64.1 Å². The van der Waals surface area contributed by atoms with Gasteiger partial charge in [-0.3, -0.25) is 4.79 Å². The predicted octanol–water partition coefficient (Wildman–Crippen LogP) is 4.03. The van der Waals surface area contributed by atoms with Crippen LogP contribution < -0.4 is 10.1 Å². The molecule has 1 amide bonds. The highest BCUT2D eigenvalue weighted by Gasteiger charge is 2.12. The SMILES string of the molecule is COc1ccc(C(=O)Nc2ncc(Br)nc2Br)cc1Br. The van der Waals surface area contributed by atoms with Crippen LogP contribution in [-0.2, 0) is 0 Å². The minimum absolute atomic E-state index is 0.286. The van der Waals surface area contributed by atoms with Gasteiger partial charge in [-0.1, -0.05) is 0 Å². The van der Waals surface area contributed by atoms with Gasteiger partial charge in [0.25, 0.3) is 5.91 Å². The monoisotopic (exact) mass is 463 g/mol. The Balaban J connectivity index is 2.21. The fourth-order valence-corrected chi connectivity index (χ4v) is 2.87. The number of nitrogens with one attached hydrogen (secondary N) is 1. The summed E-state index contributed by atoms with van der Waals surface area (Å²) < 4.78 is 6.85. The predicted molar refractivity (Wildman–Crippen MR) is 86.1 cm³/mol. The molecule has 5 nitrogen and oxygen atoms in total. The van der Waals surface area contributed by atoms with E-state index >= 15 is 0 Å². The van der Waals surface area contributed by atoms with Gasteiger partial charge in [0.15, 0.2) is 5.82 Å². The number of hydrogen-bond acceptors (Lipinski definition) is 4. The van der Waals surface area contributed by atoms with Crippen LogP contribution in [0.25, 0.3) is 0 Å². The summed E-state index contributed by atoms with van der Waals surface area (Å²) in [5.41, 5.74) is 0.481. The lowest BCUT2D eigenvalue weighted by Gasteiger charge is -2.08. The van der Waals surface area contributed by atoms with Crippen LogP contribution >= 0.6 is 47.8 Å². The zero-order valence-corrected chi connectivity index (χ0v) is 14.9. The van der Waals surface area contributed by atoms with Gasteiger partial charge in [-0.25, -0.2) is 9.97 Å². The molecule has 20 heavy (non-hydrogen) atoms. The lowest BCUT2D eigenvalue weighted by atomic mass is 10.2. The van der Waals surface area contributed by atoms with Gasteiger partial charge in [0.1, 0.15) is 15.0 Å². The zero-order valence-electron chi connectivity index (χ0n) is 10.2. The molecule has 1 aromatic carbocycles. The number of halogens is 3. The molecule has 0 saturated heterocycles. The molecule has 0 aliphatic rings. The Bertz CT molecular complexity index is 664. The summed E-state index contributed by atoms with van der Waals surface area (Å²) >= 11 is 9.77. The Morgan fingerprint density at radius 3 is 2.65 bits per heavy atom. The normalized spacial score (nSPS) is 10.2.